The van der Waals surface area contributed by atoms with Crippen LogP contribution in [0.5, 0.6) is 0 Å². The van der Waals surface area contributed by atoms with Crippen molar-refractivity contribution in [3.8, 4) is 0 Å². The normalized spacial score (nSPS) is 12.4. The Morgan fingerprint density at radius 3 is 2.47 bits per heavy atom. The Bertz CT molecular complexity index is 456. The van der Waals surface area contributed by atoms with E-state index in [1.165, 1.54) is 5.56 Å². The van der Waals surface area contributed by atoms with Gasteiger partial charge in [-0.3, -0.25) is 0 Å². The van der Waals surface area contributed by atoms with E-state index >= 15 is 0 Å². The lowest BCUT2D eigenvalue weighted by Crippen LogP contribution is -2.19. The first kappa shape index (κ1) is 12.2. The maximum Gasteiger partial charge on any atom is 0.141 e. The molecule has 17 heavy (non-hydrogen) atoms. The molecule has 0 aliphatic carbocycles. The quantitative estimate of drug-likeness (QED) is 0.941. The van der Waals surface area contributed by atoms with Crippen LogP contribution in [0.1, 0.15) is 24.4 Å². The summed E-state index contributed by atoms with van der Waals surface area (Å²) in [5.41, 5.74) is 1.25. The summed E-state index contributed by atoms with van der Waals surface area (Å²) >= 11 is 3.43. The van der Waals surface area contributed by atoms with Crippen LogP contribution in [0.3, 0.4) is 0 Å². The highest BCUT2D eigenvalue weighted by Crippen LogP contribution is 2.16. The van der Waals surface area contributed by atoms with Crippen LogP contribution in [0.2, 0.25) is 0 Å². The fourth-order valence-corrected chi connectivity index (χ4v) is 1.80. The van der Waals surface area contributed by atoms with Crippen molar-refractivity contribution >= 4 is 15.9 Å². The molecule has 3 nitrogen and oxygen atoms in total. The molecule has 0 radical (unpaired) electrons. The highest BCUT2D eigenvalue weighted by molar-refractivity contribution is 9.10. The topological polar surface area (TPSA) is 37.8 Å². The highest BCUT2D eigenvalue weighted by atomic mass is 79.9. The smallest absolute Gasteiger partial charge is 0.141 e. The van der Waals surface area contributed by atoms with Crippen LogP contribution in [0, 0.1) is 0 Å². The second kappa shape index (κ2) is 5.89. The third-order valence-electron chi connectivity index (χ3n) is 2.56. The van der Waals surface area contributed by atoms with Gasteiger partial charge in [-0.1, -0.05) is 28.1 Å². The fraction of sp³-hybridized carbons (Fsp3) is 0.231. The van der Waals surface area contributed by atoms with Crippen LogP contribution < -0.4 is 5.32 Å². The van der Waals surface area contributed by atoms with E-state index in [0.717, 1.165) is 10.3 Å². The summed E-state index contributed by atoms with van der Waals surface area (Å²) in [6.45, 7) is 2.81. The van der Waals surface area contributed by atoms with Crippen molar-refractivity contribution in [3.63, 3.8) is 0 Å². The molecule has 2 rings (SSSR count). The summed E-state index contributed by atoms with van der Waals surface area (Å²) in [7, 11) is 0. The minimum atomic E-state index is 0.284. The number of aromatic nitrogens is 2. The van der Waals surface area contributed by atoms with Crippen LogP contribution in [0.15, 0.2) is 47.2 Å². The predicted molar refractivity (Wildman–Crippen MR) is 71.4 cm³/mol. The molecule has 0 saturated heterocycles. The predicted octanol–water partition coefficient (Wildman–Crippen LogP) is 3.09. The molecule has 0 amide bonds. The molecule has 1 N–H and O–H groups in total. The molecule has 1 aromatic heterocycles. The first-order chi connectivity index (χ1) is 8.25. The van der Waals surface area contributed by atoms with E-state index in [1.807, 2.05) is 18.2 Å². The summed E-state index contributed by atoms with van der Waals surface area (Å²) in [4.78, 5) is 8.35. The largest absolute Gasteiger partial charge is 0.303 e. The van der Waals surface area contributed by atoms with E-state index < -0.39 is 0 Å². The second-order valence-electron chi connectivity index (χ2n) is 3.82. The van der Waals surface area contributed by atoms with Crippen molar-refractivity contribution in [3.05, 3.63) is 58.6 Å². The SMILES string of the molecule is C[C@@H](NCc1ncccn1)c1ccc(Br)cc1. The molecule has 0 saturated carbocycles. The molecule has 2 aromatic rings. The Labute approximate surface area is 109 Å². The van der Waals surface area contributed by atoms with E-state index in [9.17, 15) is 0 Å². The zero-order chi connectivity index (χ0) is 12.1. The van der Waals surface area contributed by atoms with Crippen LogP contribution in [0.4, 0.5) is 0 Å². The molecule has 4 heteroatoms. The van der Waals surface area contributed by atoms with Crippen LogP contribution in [-0.4, -0.2) is 9.97 Å². The lowest BCUT2D eigenvalue weighted by Gasteiger charge is -2.13. The van der Waals surface area contributed by atoms with Gasteiger partial charge in [0, 0.05) is 22.9 Å². The van der Waals surface area contributed by atoms with Gasteiger partial charge in [0.2, 0.25) is 0 Å². The van der Waals surface area contributed by atoms with Gasteiger partial charge in [-0.2, -0.15) is 0 Å². The summed E-state index contributed by atoms with van der Waals surface area (Å²) in [5, 5.41) is 3.39. The van der Waals surface area contributed by atoms with Gasteiger partial charge in [0.25, 0.3) is 0 Å². The Balaban J connectivity index is 1.93. The molecule has 88 valence electrons. The molecule has 0 aliphatic heterocycles. The minimum absolute atomic E-state index is 0.284. The highest BCUT2D eigenvalue weighted by Gasteiger charge is 2.05. The first-order valence-corrected chi connectivity index (χ1v) is 6.30. The van der Waals surface area contributed by atoms with E-state index in [0.29, 0.717) is 6.54 Å². The van der Waals surface area contributed by atoms with Crippen molar-refractivity contribution in [2.24, 2.45) is 0 Å². The minimum Gasteiger partial charge on any atom is -0.303 e. The zero-order valence-electron chi connectivity index (χ0n) is 9.60. The van der Waals surface area contributed by atoms with Gasteiger partial charge in [0.15, 0.2) is 0 Å². The Morgan fingerprint density at radius 2 is 1.82 bits per heavy atom. The molecule has 0 bridgehead atoms. The maximum absolute atomic E-state index is 4.18. The van der Waals surface area contributed by atoms with Gasteiger partial charge in [-0.15, -0.1) is 0 Å². The van der Waals surface area contributed by atoms with E-state index in [4.69, 9.17) is 0 Å². The molecule has 0 fully saturated rings. The van der Waals surface area contributed by atoms with Gasteiger partial charge in [-0.25, -0.2) is 9.97 Å². The molecular formula is C13H14BrN3. The first-order valence-electron chi connectivity index (χ1n) is 5.50. The molecule has 1 heterocycles. The molecule has 1 aromatic carbocycles. The van der Waals surface area contributed by atoms with Crippen LogP contribution in [0.25, 0.3) is 0 Å². The van der Waals surface area contributed by atoms with Crippen molar-refractivity contribution in [2.45, 2.75) is 19.5 Å². The van der Waals surface area contributed by atoms with Crippen LogP contribution in [-0.2, 0) is 6.54 Å². The molecular weight excluding hydrogens is 278 g/mol. The summed E-state index contributed by atoms with van der Waals surface area (Å²) in [6, 6.07) is 10.4. The third kappa shape index (κ3) is 3.61. The second-order valence-corrected chi connectivity index (χ2v) is 4.73. The number of hydrogen-bond acceptors (Lipinski definition) is 3. The maximum atomic E-state index is 4.18. The average Bonchev–Trinajstić information content (AvgIpc) is 2.38. The van der Waals surface area contributed by atoms with Gasteiger partial charge in [0.1, 0.15) is 5.82 Å². The van der Waals surface area contributed by atoms with Crippen molar-refractivity contribution in [1.29, 1.82) is 0 Å². The fourth-order valence-electron chi connectivity index (χ4n) is 1.53. The number of nitrogens with one attached hydrogen (secondary N) is 1. The van der Waals surface area contributed by atoms with Crippen molar-refractivity contribution in [1.82, 2.24) is 15.3 Å². The van der Waals surface area contributed by atoms with E-state index in [1.54, 1.807) is 12.4 Å². The Hall–Kier alpha value is -1.26. The van der Waals surface area contributed by atoms with E-state index in [-0.39, 0.29) is 6.04 Å². The molecule has 0 unspecified atom stereocenters. The lowest BCUT2D eigenvalue weighted by atomic mass is 10.1. The van der Waals surface area contributed by atoms with Gasteiger partial charge >= 0.3 is 0 Å². The Morgan fingerprint density at radius 1 is 1.18 bits per heavy atom. The van der Waals surface area contributed by atoms with Crippen molar-refractivity contribution in [2.75, 3.05) is 0 Å². The summed E-state index contributed by atoms with van der Waals surface area (Å²) in [6.07, 6.45) is 3.52. The van der Waals surface area contributed by atoms with Gasteiger partial charge < -0.3 is 5.32 Å². The Kier molecular flexibility index (Phi) is 4.23. The summed E-state index contributed by atoms with van der Waals surface area (Å²) in [5.74, 6) is 0.816. The standard InChI is InChI=1S/C13H14BrN3/c1-10(11-3-5-12(14)6-4-11)17-9-13-15-7-2-8-16-13/h2-8,10,17H,9H2,1H3/t10-/m1/s1. The number of benzene rings is 1. The zero-order valence-corrected chi connectivity index (χ0v) is 11.2. The van der Waals surface area contributed by atoms with Crippen molar-refractivity contribution < 1.29 is 0 Å². The average molecular weight is 292 g/mol. The molecule has 0 spiro atoms. The van der Waals surface area contributed by atoms with Gasteiger partial charge in [0.05, 0.1) is 6.54 Å². The lowest BCUT2D eigenvalue weighted by molar-refractivity contribution is 0.559. The van der Waals surface area contributed by atoms with Crippen LogP contribution >= 0.6 is 15.9 Å². The molecule has 1 atom stereocenters. The monoisotopic (exact) mass is 291 g/mol. The van der Waals surface area contributed by atoms with Gasteiger partial charge in [-0.05, 0) is 30.7 Å². The molecule has 0 aliphatic rings. The number of halogens is 1. The number of nitrogens with zero attached hydrogens (tertiary/aromatic N) is 2. The number of hydrogen-bond donors (Lipinski definition) is 1. The third-order valence-corrected chi connectivity index (χ3v) is 3.08. The van der Waals surface area contributed by atoms with E-state index in [2.05, 4.69) is 50.3 Å². The number of rotatable bonds is 4. The summed E-state index contributed by atoms with van der Waals surface area (Å²) < 4.78 is 1.10.